The molecule has 6 heteroatoms. The van der Waals surface area contributed by atoms with Crippen molar-refractivity contribution < 1.29 is 26.5 Å². The van der Waals surface area contributed by atoms with Crippen molar-refractivity contribution >= 4 is 29.1 Å². The zero-order chi connectivity index (χ0) is 32.8. The van der Waals surface area contributed by atoms with Gasteiger partial charge in [0.2, 0.25) is 0 Å². The highest BCUT2D eigenvalue weighted by Crippen LogP contribution is 2.55. The number of carbonyl (C=O) groups is 1. The number of nitrogens with zero attached hydrogens (tertiary/aromatic N) is 2. The van der Waals surface area contributed by atoms with Crippen molar-refractivity contribution in [3.63, 3.8) is 0 Å². The number of rotatable bonds is 23. The summed E-state index contributed by atoms with van der Waals surface area (Å²) in [5.41, 5.74) is 0. The van der Waals surface area contributed by atoms with Gasteiger partial charge in [0.1, 0.15) is 23.2 Å². The van der Waals surface area contributed by atoms with Gasteiger partial charge in [-0.25, -0.2) is 4.98 Å². The van der Waals surface area contributed by atoms with Crippen LogP contribution in [0.15, 0.2) is 122 Å². The summed E-state index contributed by atoms with van der Waals surface area (Å²) in [6.45, 7) is 2.74. The van der Waals surface area contributed by atoms with Gasteiger partial charge < -0.3 is 26.3 Å². The fraction of sp³-hybridized carbons (Fsp3) is 0.429. The van der Waals surface area contributed by atoms with E-state index in [1.165, 1.54) is 67.3 Å². The zero-order valence-electron chi connectivity index (χ0n) is 29.0. The fourth-order valence-electron chi connectivity index (χ4n) is 6.56. The largest absolute Gasteiger partial charge is 1.00 e. The van der Waals surface area contributed by atoms with Crippen LogP contribution in [0.5, 0.6) is 0 Å². The van der Waals surface area contributed by atoms with E-state index in [1.807, 2.05) is 12.5 Å². The average Bonchev–Trinajstić information content (AvgIpc) is 3.66. The number of hydrogen-bond acceptors (Lipinski definition) is 3. The summed E-state index contributed by atoms with van der Waals surface area (Å²) in [5, 5.41) is 4.11. The van der Waals surface area contributed by atoms with Crippen LogP contribution in [0.3, 0.4) is 0 Å². The second-order valence-corrected chi connectivity index (χ2v) is 16.3. The van der Waals surface area contributed by atoms with Gasteiger partial charge in [-0.15, -0.1) is 0 Å². The molecule has 0 radical (unpaired) electrons. The van der Waals surface area contributed by atoms with Crippen LogP contribution in [-0.4, -0.2) is 28.3 Å². The van der Waals surface area contributed by atoms with Gasteiger partial charge in [-0.1, -0.05) is 119 Å². The van der Waals surface area contributed by atoms with Crippen LogP contribution >= 0.6 is 7.26 Å². The van der Waals surface area contributed by atoms with Gasteiger partial charge in [-0.2, -0.15) is 0 Å². The highest BCUT2D eigenvalue weighted by molar-refractivity contribution is 7.95. The number of halogens is 1. The maximum Gasteiger partial charge on any atom is 0.305 e. The van der Waals surface area contributed by atoms with Crippen LogP contribution in [0, 0.1) is 0 Å². The third kappa shape index (κ3) is 12.8. The van der Waals surface area contributed by atoms with E-state index in [4.69, 9.17) is 4.74 Å². The van der Waals surface area contributed by atoms with Gasteiger partial charge in [-0.3, -0.25) is 4.79 Å². The summed E-state index contributed by atoms with van der Waals surface area (Å²) in [5.74, 6) is -0.0573. The Morgan fingerprint density at radius 2 is 1.33 bits per heavy atom. The van der Waals surface area contributed by atoms with Gasteiger partial charge in [0, 0.05) is 31.3 Å². The lowest BCUT2D eigenvalue weighted by Gasteiger charge is -2.27. The lowest BCUT2D eigenvalue weighted by molar-refractivity contribution is -0.143. The van der Waals surface area contributed by atoms with Crippen LogP contribution in [0.1, 0.15) is 103 Å². The molecule has 48 heavy (non-hydrogen) atoms. The molecule has 4 aromatic rings. The quantitative estimate of drug-likeness (QED) is 0.0358. The minimum absolute atomic E-state index is 0. The summed E-state index contributed by atoms with van der Waals surface area (Å²) < 4.78 is 8.04. The van der Waals surface area contributed by atoms with E-state index in [-0.39, 0.29) is 23.0 Å². The first-order valence-electron chi connectivity index (χ1n) is 18.1. The molecule has 0 saturated carbocycles. The first kappa shape index (κ1) is 39.4. The SMILES string of the molecule is CCCCCCC(C/C=C\CCCCCCCC(=O)OCCC[P+](c1ccccc1)(c1ccccc1)c1ccccc1)n1ccnc1.[Br-]. The molecular formula is C42H56BrN2O2P. The summed E-state index contributed by atoms with van der Waals surface area (Å²) >= 11 is 0. The smallest absolute Gasteiger partial charge is 0.305 e. The van der Waals surface area contributed by atoms with E-state index in [1.54, 1.807) is 0 Å². The molecule has 0 saturated heterocycles. The number of unbranched alkanes of at least 4 members (excludes halogenated alkanes) is 8. The molecule has 0 aliphatic carbocycles. The lowest BCUT2D eigenvalue weighted by atomic mass is 10.0. The molecule has 1 unspecified atom stereocenters. The first-order chi connectivity index (χ1) is 23.2. The Hall–Kier alpha value is -3.01. The van der Waals surface area contributed by atoms with E-state index in [0.717, 1.165) is 38.3 Å². The van der Waals surface area contributed by atoms with Crippen molar-refractivity contribution in [3.8, 4) is 0 Å². The van der Waals surface area contributed by atoms with Gasteiger partial charge in [0.15, 0.2) is 0 Å². The molecule has 0 aliphatic heterocycles. The monoisotopic (exact) mass is 730 g/mol. The predicted octanol–water partition coefficient (Wildman–Crippen LogP) is 7.00. The molecule has 0 spiro atoms. The van der Waals surface area contributed by atoms with E-state index >= 15 is 0 Å². The predicted molar refractivity (Wildman–Crippen MR) is 202 cm³/mol. The van der Waals surface area contributed by atoms with Gasteiger partial charge in [-0.05, 0) is 68.5 Å². The van der Waals surface area contributed by atoms with Crippen molar-refractivity contribution in [2.45, 2.75) is 103 Å². The molecule has 0 amide bonds. The minimum Gasteiger partial charge on any atom is -1.00 e. The van der Waals surface area contributed by atoms with Gasteiger partial charge in [0.25, 0.3) is 0 Å². The van der Waals surface area contributed by atoms with Crippen molar-refractivity contribution in [2.75, 3.05) is 12.8 Å². The maximum atomic E-state index is 12.6. The molecule has 0 N–H and O–H groups in total. The Bertz CT molecular complexity index is 1300. The number of ether oxygens (including phenoxy) is 1. The zero-order valence-corrected chi connectivity index (χ0v) is 31.5. The lowest BCUT2D eigenvalue weighted by Crippen LogP contribution is -3.00. The van der Waals surface area contributed by atoms with Crippen molar-refractivity contribution in [1.29, 1.82) is 0 Å². The molecule has 0 aliphatic rings. The summed E-state index contributed by atoms with van der Waals surface area (Å²) in [6.07, 6.45) is 27.3. The molecule has 1 aromatic heterocycles. The van der Waals surface area contributed by atoms with Crippen LogP contribution in [0.2, 0.25) is 0 Å². The second kappa shape index (κ2) is 23.4. The van der Waals surface area contributed by atoms with Gasteiger partial charge >= 0.3 is 5.97 Å². The van der Waals surface area contributed by atoms with Crippen molar-refractivity contribution in [1.82, 2.24) is 9.55 Å². The molecular weight excluding hydrogens is 675 g/mol. The Morgan fingerprint density at radius 1 is 0.750 bits per heavy atom. The molecule has 4 nitrogen and oxygen atoms in total. The standard InChI is InChI=1S/C42H56N2O2P.BrH/c1-2-3-4-14-24-38(44-34-33-43-37-44)25-15-9-7-5-6-8-10-22-32-42(45)46-35-23-36-47(39-26-16-11-17-27-39,40-28-18-12-19-29-40)41-30-20-13-21-31-41;/h9,11-13,15-21,26-31,33-34,37-38H,2-8,10,14,22-25,32,35-36H2,1H3;1H/q+1;/p-1/b15-9-;. The average molecular weight is 732 g/mol. The van der Waals surface area contributed by atoms with Crippen LogP contribution in [0.4, 0.5) is 0 Å². The third-order valence-electron chi connectivity index (χ3n) is 9.16. The Labute approximate surface area is 301 Å². The van der Waals surface area contributed by atoms with Crippen LogP contribution < -0.4 is 32.9 Å². The van der Waals surface area contributed by atoms with E-state index in [0.29, 0.717) is 19.1 Å². The maximum absolute atomic E-state index is 12.6. The van der Waals surface area contributed by atoms with Crippen molar-refractivity contribution in [3.05, 3.63) is 122 Å². The highest BCUT2D eigenvalue weighted by Gasteiger charge is 2.44. The number of imidazole rings is 1. The van der Waals surface area contributed by atoms with E-state index < -0.39 is 7.26 Å². The van der Waals surface area contributed by atoms with Crippen LogP contribution in [-0.2, 0) is 9.53 Å². The normalized spacial score (nSPS) is 12.1. The van der Waals surface area contributed by atoms with Crippen molar-refractivity contribution in [2.24, 2.45) is 0 Å². The fourth-order valence-corrected chi connectivity index (χ4v) is 10.9. The summed E-state index contributed by atoms with van der Waals surface area (Å²) in [7, 11) is -1.88. The number of hydrogen-bond donors (Lipinski definition) is 0. The van der Waals surface area contributed by atoms with E-state index in [2.05, 4.69) is 126 Å². The topological polar surface area (TPSA) is 44.1 Å². The number of allylic oxidation sites excluding steroid dienone is 2. The van der Waals surface area contributed by atoms with E-state index in [9.17, 15) is 4.79 Å². The number of esters is 1. The molecule has 4 rings (SSSR count). The first-order valence-corrected chi connectivity index (χ1v) is 20.0. The molecule has 0 fully saturated rings. The van der Waals surface area contributed by atoms with Gasteiger partial charge in [0.05, 0.1) is 19.1 Å². The van der Waals surface area contributed by atoms with Crippen LogP contribution in [0.25, 0.3) is 0 Å². The third-order valence-corrected chi connectivity index (χ3v) is 13.7. The second-order valence-electron chi connectivity index (χ2n) is 12.6. The minimum atomic E-state index is -1.88. The molecule has 258 valence electrons. The number of benzene rings is 3. The Morgan fingerprint density at radius 3 is 1.92 bits per heavy atom. The number of aromatic nitrogens is 2. The Kier molecular flexibility index (Phi) is 19.2. The highest BCUT2D eigenvalue weighted by atomic mass is 79.9. The summed E-state index contributed by atoms with van der Waals surface area (Å²) in [6, 6.07) is 33.2. The molecule has 1 heterocycles. The Balaban J connectivity index is 0.00000625. The molecule has 1 atom stereocenters. The molecule has 3 aromatic carbocycles. The number of carbonyl (C=O) groups excluding carboxylic acids is 1. The summed E-state index contributed by atoms with van der Waals surface area (Å²) in [4.78, 5) is 16.9. The molecule has 0 bridgehead atoms.